The molecular formula is C12H21N3. The van der Waals surface area contributed by atoms with Gasteiger partial charge in [-0.1, -0.05) is 6.42 Å². The Morgan fingerprint density at radius 3 is 2.73 bits per heavy atom. The van der Waals surface area contributed by atoms with Crippen LogP contribution in [0, 0.1) is 6.92 Å². The van der Waals surface area contributed by atoms with Gasteiger partial charge in [0.05, 0.1) is 5.69 Å². The molecule has 0 radical (unpaired) electrons. The van der Waals surface area contributed by atoms with E-state index in [1.165, 1.54) is 25.0 Å². The molecule has 1 aliphatic carbocycles. The fourth-order valence-electron chi connectivity index (χ4n) is 2.02. The lowest BCUT2D eigenvalue weighted by atomic mass is 9.93. The molecule has 0 aromatic carbocycles. The van der Waals surface area contributed by atoms with Crippen LogP contribution < -0.4 is 5.32 Å². The van der Waals surface area contributed by atoms with Crippen molar-refractivity contribution >= 4 is 0 Å². The largest absolute Gasteiger partial charge is 0.332 e. The van der Waals surface area contributed by atoms with Crippen LogP contribution in [0.2, 0.25) is 0 Å². The summed E-state index contributed by atoms with van der Waals surface area (Å²) >= 11 is 0. The smallest absolute Gasteiger partial charge is 0.106 e. The molecule has 0 atom stereocenters. The van der Waals surface area contributed by atoms with E-state index in [-0.39, 0.29) is 0 Å². The first-order chi connectivity index (χ1) is 7.16. The maximum atomic E-state index is 4.56. The van der Waals surface area contributed by atoms with Gasteiger partial charge in [0.1, 0.15) is 5.82 Å². The molecule has 1 heterocycles. The second-order valence-electron chi connectivity index (χ2n) is 4.79. The lowest BCUT2D eigenvalue weighted by molar-refractivity contribution is 0.337. The number of imidazole rings is 1. The molecule has 0 aliphatic heterocycles. The number of aryl methyl sites for hydroxylation is 1. The normalized spacial score (nSPS) is 17.1. The second kappa shape index (κ2) is 4.35. The molecule has 0 unspecified atom stereocenters. The molecule has 3 nitrogen and oxygen atoms in total. The van der Waals surface area contributed by atoms with Crippen molar-refractivity contribution in [1.82, 2.24) is 14.9 Å². The van der Waals surface area contributed by atoms with Crippen LogP contribution in [0.15, 0.2) is 6.20 Å². The van der Waals surface area contributed by atoms with E-state index >= 15 is 0 Å². The number of nitrogens with one attached hydrogen (secondary N) is 1. The summed E-state index contributed by atoms with van der Waals surface area (Å²) in [7, 11) is 0. The molecule has 0 amide bonds. The molecule has 15 heavy (non-hydrogen) atoms. The third-order valence-corrected chi connectivity index (χ3v) is 3.20. The summed E-state index contributed by atoms with van der Waals surface area (Å²) in [5, 5.41) is 3.54. The molecule has 1 N–H and O–H groups in total. The van der Waals surface area contributed by atoms with Gasteiger partial charge < -0.3 is 9.88 Å². The van der Waals surface area contributed by atoms with Gasteiger partial charge in [-0.2, -0.15) is 0 Å². The molecule has 1 aromatic rings. The summed E-state index contributed by atoms with van der Waals surface area (Å²) < 4.78 is 2.23. The molecule has 1 saturated carbocycles. The van der Waals surface area contributed by atoms with Crippen molar-refractivity contribution in [2.75, 3.05) is 0 Å². The van der Waals surface area contributed by atoms with Gasteiger partial charge in [-0.3, -0.25) is 0 Å². The van der Waals surface area contributed by atoms with Crippen LogP contribution in [-0.2, 0) is 6.54 Å². The topological polar surface area (TPSA) is 29.9 Å². The molecular weight excluding hydrogens is 186 g/mol. The van der Waals surface area contributed by atoms with E-state index in [9.17, 15) is 0 Å². The predicted molar refractivity (Wildman–Crippen MR) is 61.8 cm³/mol. The number of rotatable bonds is 4. The number of hydrogen-bond acceptors (Lipinski definition) is 2. The molecule has 1 fully saturated rings. The highest BCUT2D eigenvalue weighted by Gasteiger charge is 2.16. The van der Waals surface area contributed by atoms with Crippen LogP contribution in [0.4, 0.5) is 0 Å². The van der Waals surface area contributed by atoms with Crippen LogP contribution in [-0.4, -0.2) is 15.6 Å². The second-order valence-corrected chi connectivity index (χ2v) is 4.79. The van der Waals surface area contributed by atoms with E-state index in [0.29, 0.717) is 6.04 Å². The van der Waals surface area contributed by atoms with Crippen molar-refractivity contribution in [3.63, 3.8) is 0 Å². The van der Waals surface area contributed by atoms with Gasteiger partial charge >= 0.3 is 0 Å². The first-order valence-electron chi connectivity index (χ1n) is 5.94. The predicted octanol–water partition coefficient (Wildman–Crippen LogP) is 2.41. The molecule has 0 spiro atoms. The van der Waals surface area contributed by atoms with E-state index in [2.05, 4.69) is 41.8 Å². The minimum absolute atomic E-state index is 0.509. The van der Waals surface area contributed by atoms with Crippen molar-refractivity contribution < 1.29 is 0 Å². The Bertz CT molecular complexity index is 324. The molecule has 1 aliphatic rings. The van der Waals surface area contributed by atoms with Crippen LogP contribution in [0.5, 0.6) is 0 Å². The zero-order valence-electron chi connectivity index (χ0n) is 9.95. The molecule has 0 bridgehead atoms. The number of hydrogen-bond donors (Lipinski definition) is 1. The van der Waals surface area contributed by atoms with Crippen molar-refractivity contribution in [2.45, 2.75) is 58.7 Å². The maximum absolute atomic E-state index is 4.56. The zero-order chi connectivity index (χ0) is 10.8. The standard InChI is InChI=1S/C12H21N3/c1-9(2)15-8-12(14-10(15)3)7-13-11-5-4-6-11/h8-9,11,13H,4-7H2,1-3H3. The number of nitrogens with zero attached hydrogens (tertiary/aromatic N) is 2. The summed E-state index contributed by atoms with van der Waals surface area (Å²) in [6.07, 6.45) is 6.23. The molecule has 2 rings (SSSR count). The highest BCUT2D eigenvalue weighted by molar-refractivity contribution is 5.04. The SMILES string of the molecule is Cc1nc(CNC2CCC2)cn1C(C)C. The molecule has 1 aromatic heterocycles. The van der Waals surface area contributed by atoms with Gasteiger partial charge in [0.15, 0.2) is 0 Å². The highest BCUT2D eigenvalue weighted by Crippen LogP contribution is 2.18. The van der Waals surface area contributed by atoms with Crippen LogP contribution in [0.25, 0.3) is 0 Å². The van der Waals surface area contributed by atoms with E-state index in [1.807, 2.05) is 0 Å². The van der Waals surface area contributed by atoms with Gasteiger partial charge in [-0.15, -0.1) is 0 Å². The quantitative estimate of drug-likeness (QED) is 0.821. The maximum Gasteiger partial charge on any atom is 0.106 e. The zero-order valence-corrected chi connectivity index (χ0v) is 9.95. The first-order valence-corrected chi connectivity index (χ1v) is 5.94. The lowest BCUT2D eigenvalue weighted by Gasteiger charge is -2.26. The van der Waals surface area contributed by atoms with Crippen LogP contribution >= 0.6 is 0 Å². The van der Waals surface area contributed by atoms with E-state index in [1.54, 1.807) is 0 Å². The van der Waals surface area contributed by atoms with E-state index in [4.69, 9.17) is 0 Å². The Hall–Kier alpha value is -0.830. The van der Waals surface area contributed by atoms with Crippen LogP contribution in [0.3, 0.4) is 0 Å². The van der Waals surface area contributed by atoms with Crippen LogP contribution in [0.1, 0.15) is 50.7 Å². The fraction of sp³-hybridized carbons (Fsp3) is 0.750. The summed E-state index contributed by atoms with van der Waals surface area (Å²) in [5.41, 5.74) is 1.17. The molecule has 3 heteroatoms. The Morgan fingerprint density at radius 2 is 2.27 bits per heavy atom. The van der Waals surface area contributed by atoms with E-state index in [0.717, 1.165) is 18.4 Å². The highest BCUT2D eigenvalue weighted by atomic mass is 15.1. The summed E-state index contributed by atoms with van der Waals surface area (Å²) in [4.78, 5) is 4.56. The summed E-state index contributed by atoms with van der Waals surface area (Å²) in [5.74, 6) is 1.12. The van der Waals surface area contributed by atoms with Gasteiger partial charge in [0.25, 0.3) is 0 Å². The average molecular weight is 207 g/mol. The van der Waals surface area contributed by atoms with Crippen molar-refractivity contribution in [2.24, 2.45) is 0 Å². The van der Waals surface area contributed by atoms with Crippen molar-refractivity contribution in [3.8, 4) is 0 Å². The Labute approximate surface area is 91.9 Å². The third kappa shape index (κ3) is 2.40. The molecule has 0 saturated heterocycles. The fourth-order valence-corrected chi connectivity index (χ4v) is 2.02. The van der Waals surface area contributed by atoms with Crippen molar-refractivity contribution in [1.29, 1.82) is 0 Å². The van der Waals surface area contributed by atoms with Gasteiger partial charge in [0, 0.05) is 24.8 Å². The first kappa shape index (κ1) is 10.7. The lowest BCUT2D eigenvalue weighted by Crippen LogP contribution is -2.34. The minimum Gasteiger partial charge on any atom is -0.332 e. The monoisotopic (exact) mass is 207 g/mol. The Balaban J connectivity index is 1.93. The van der Waals surface area contributed by atoms with Gasteiger partial charge in [-0.25, -0.2) is 4.98 Å². The Morgan fingerprint density at radius 1 is 1.53 bits per heavy atom. The average Bonchev–Trinajstić information content (AvgIpc) is 2.44. The van der Waals surface area contributed by atoms with E-state index < -0.39 is 0 Å². The summed E-state index contributed by atoms with van der Waals surface area (Å²) in [6, 6.07) is 1.25. The van der Waals surface area contributed by atoms with Crippen molar-refractivity contribution in [3.05, 3.63) is 17.7 Å². The summed E-state index contributed by atoms with van der Waals surface area (Å²) in [6.45, 7) is 7.38. The van der Waals surface area contributed by atoms with Gasteiger partial charge in [-0.05, 0) is 33.6 Å². The minimum atomic E-state index is 0.509. The number of aromatic nitrogens is 2. The van der Waals surface area contributed by atoms with Gasteiger partial charge in [0.2, 0.25) is 0 Å². The Kier molecular flexibility index (Phi) is 3.10. The molecule has 84 valence electrons. The third-order valence-electron chi connectivity index (χ3n) is 3.20.